The fourth-order valence-corrected chi connectivity index (χ4v) is 2.26. The van der Waals surface area contributed by atoms with Gasteiger partial charge in [-0.15, -0.1) is 0 Å². The van der Waals surface area contributed by atoms with E-state index in [1.807, 2.05) is 0 Å². The number of phenols is 1. The number of rotatable bonds is 2. The Bertz CT molecular complexity index is 535. The predicted molar refractivity (Wildman–Crippen MR) is 72.8 cm³/mol. The lowest BCUT2D eigenvalue weighted by Crippen LogP contribution is -2.55. The first-order valence-corrected chi connectivity index (χ1v) is 6.51. The van der Waals surface area contributed by atoms with Crippen molar-refractivity contribution < 1.29 is 19.4 Å². The second-order valence-corrected chi connectivity index (χ2v) is 4.77. The summed E-state index contributed by atoms with van der Waals surface area (Å²) in [6, 6.07) is 3.44. The lowest BCUT2D eigenvalue weighted by atomic mass is 10.1. The molecule has 1 heterocycles. The molecule has 1 aromatic rings. The van der Waals surface area contributed by atoms with Gasteiger partial charge < -0.3 is 20.1 Å². The van der Waals surface area contributed by atoms with Crippen LogP contribution in [0.4, 0.5) is 0 Å². The molecule has 0 bridgehead atoms. The van der Waals surface area contributed by atoms with Gasteiger partial charge in [-0.25, -0.2) is 0 Å². The summed E-state index contributed by atoms with van der Waals surface area (Å²) in [7, 11) is 1.50. The molecule has 0 spiro atoms. The topological polar surface area (TPSA) is 78.9 Å². The van der Waals surface area contributed by atoms with Crippen LogP contribution in [0.2, 0.25) is 5.02 Å². The van der Waals surface area contributed by atoms with E-state index in [9.17, 15) is 14.7 Å². The van der Waals surface area contributed by atoms with Crippen LogP contribution in [0.25, 0.3) is 0 Å². The van der Waals surface area contributed by atoms with Gasteiger partial charge in [0.2, 0.25) is 5.91 Å². The van der Waals surface area contributed by atoms with E-state index < -0.39 is 11.9 Å². The molecule has 7 heteroatoms. The number of benzene rings is 1. The molecule has 1 saturated heterocycles. The Kier molecular flexibility index (Phi) is 4.46. The minimum absolute atomic E-state index is 0.0532. The molecular formula is C13H15ClN2O4. The molecule has 2 rings (SSSR count). The van der Waals surface area contributed by atoms with Crippen LogP contribution in [0.1, 0.15) is 10.4 Å². The third kappa shape index (κ3) is 2.86. The normalized spacial score (nSPS) is 18.7. The number of hydrogen-bond acceptors (Lipinski definition) is 4. The number of morpholine rings is 1. The van der Waals surface area contributed by atoms with Crippen molar-refractivity contribution in [1.82, 2.24) is 10.2 Å². The molecular weight excluding hydrogens is 284 g/mol. The van der Waals surface area contributed by atoms with E-state index in [0.29, 0.717) is 13.2 Å². The number of nitrogens with zero attached hydrogens (tertiary/aromatic N) is 1. The molecule has 2 N–H and O–H groups in total. The molecule has 1 atom stereocenters. The van der Waals surface area contributed by atoms with E-state index >= 15 is 0 Å². The highest BCUT2D eigenvalue weighted by Gasteiger charge is 2.33. The Balaban J connectivity index is 2.30. The van der Waals surface area contributed by atoms with Gasteiger partial charge in [-0.3, -0.25) is 9.59 Å². The smallest absolute Gasteiger partial charge is 0.256 e. The molecule has 1 aliphatic rings. The summed E-state index contributed by atoms with van der Waals surface area (Å²) < 4.78 is 5.24. The second-order valence-electron chi connectivity index (χ2n) is 4.37. The summed E-state index contributed by atoms with van der Waals surface area (Å²) in [6.07, 6.45) is 0. The quantitative estimate of drug-likeness (QED) is 0.839. The van der Waals surface area contributed by atoms with Crippen molar-refractivity contribution in [3.63, 3.8) is 0 Å². The molecule has 2 amide bonds. The summed E-state index contributed by atoms with van der Waals surface area (Å²) in [4.78, 5) is 25.7. The Labute approximate surface area is 121 Å². The number of phenolic OH excluding ortho intramolecular Hbond substituents is 1. The second kappa shape index (κ2) is 6.11. The van der Waals surface area contributed by atoms with Crippen LogP contribution in [0.15, 0.2) is 18.2 Å². The molecule has 1 unspecified atom stereocenters. The summed E-state index contributed by atoms with van der Waals surface area (Å²) in [5.41, 5.74) is 0.169. The fraction of sp³-hybridized carbons (Fsp3) is 0.385. The number of nitrogens with one attached hydrogen (secondary N) is 1. The third-order valence-corrected chi connectivity index (χ3v) is 3.45. The van der Waals surface area contributed by atoms with Gasteiger partial charge in [0.15, 0.2) is 0 Å². The maximum absolute atomic E-state index is 12.5. The lowest BCUT2D eigenvalue weighted by molar-refractivity contribution is -0.130. The number of carbonyl (C=O) groups is 2. The fourth-order valence-electron chi connectivity index (χ4n) is 2.06. The summed E-state index contributed by atoms with van der Waals surface area (Å²) in [5.74, 6) is -0.750. The van der Waals surface area contributed by atoms with Crippen molar-refractivity contribution in [3.05, 3.63) is 28.8 Å². The zero-order valence-corrected chi connectivity index (χ0v) is 11.7. The van der Waals surface area contributed by atoms with Gasteiger partial charge in [0.25, 0.3) is 5.91 Å². The maximum Gasteiger partial charge on any atom is 0.256 e. The molecule has 20 heavy (non-hydrogen) atoms. The largest absolute Gasteiger partial charge is 0.508 e. The number of hydrogen-bond donors (Lipinski definition) is 2. The molecule has 1 aliphatic heterocycles. The van der Waals surface area contributed by atoms with Crippen LogP contribution in [0.5, 0.6) is 5.75 Å². The van der Waals surface area contributed by atoms with Gasteiger partial charge in [0.1, 0.15) is 11.8 Å². The van der Waals surface area contributed by atoms with E-state index in [-0.39, 0.29) is 28.8 Å². The summed E-state index contributed by atoms with van der Waals surface area (Å²) >= 11 is 5.98. The number of aromatic hydroxyl groups is 1. The van der Waals surface area contributed by atoms with Crippen LogP contribution < -0.4 is 5.32 Å². The van der Waals surface area contributed by atoms with Crippen LogP contribution in [-0.4, -0.2) is 54.7 Å². The average molecular weight is 299 g/mol. The Morgan fingerprint density at radius 1 is 1.50 bits per heavy atom. The average Bonchev–Trinajstić information content (AvgIpc) is 2.48. The lowest BCUT2D eigenvalue weighted by Gasteiger charge is -2.34. The molecule has 0 aromatic heterocycles. The van der Waals surface area contributed by atoms with E-state index in [0.717, 1.165) is 0 Å². The molecule has 1 fully saturated rings. The number of ether oxygens (including phenoxy) is 1. The Hall–Kier alpha value is -1.79. The first-order valence-electron chi connectivity index (χ1n) is 6.13. The monoisotopic (exact) mass is 298 g/mol. The number of amides is 2. The summed E-state index contributed by atoms with van der Waals surface area (Å²) in [5, 5.41) is 12.2. The van der Waals surface area contributed by atoms with Gasteiger partial charge in [0, 0.05) is 13.6 Å². The third-order valence-electron chi connectivity index (χ3n) is 3.12. The zero-order valence-electron chi connectivity index (χ0n) is 10.9. The molecule has 6 nitrogen and oxygen atoms in total. The highest BCUT2D eigenvalue weighted by atomic mass is 35.5. The Morgan fingerprint density at radius 2 is 2.25 bits per heavy atom. The van der Waals surface area contributed by atoms with Crippen LogP contribution in [-0.2, 0) is 9.53 Å². The van der Waals surface area contributed by atoms with Crippen LogP contribution >= 0.6 is 11.6 Å². The number of halogens is 1. The van der Waals surface area contributed by atoms with E-state index in [1.165, 1.54) is 30.1 Å². The van der Waals surface area contributed by atoms with Gasteiger partial charge in [-0.05, 0) is 18.2 Å². The van der Waals surface area contributed by atoms with Crippen LogP contribution in [0, 0.1) is 0 Å². The van der Waals surface area contributed by atoms with Gasteiger partial charge >= 0.3 is 0 Å². The Morgan fingerprint density at radius 3 is 2.95 bits per heavy atom. The highest BCUT2D eigenvalue weighted by Crippen LogP contribution is 2.24. The van der Waals surface area contributed by atoms with Crippen LogP contribution in [0.3, 0.4) is 0 Å². The van der Waals surface area contributed by atoms with Crippen molar-refractivity contribution in [2.45, 2.75) is 6.04 Å². The predicted octanol–water partition coefficient (Wildman–Crippen LogP) is 0.633. The maximum atomic E-state index is 12.5. The molecule has 108 valence electrons. The van der Waals surface area contributed by atoms with E-state index in [4.69, 9.17) is 16.3 Å². The molecule has 1 aromatic carbocycles. The van der Waals surface area contributed by atoms with Gasteiger partial charge in [0.05, 0.1) is 23.8 Å². The van der Waals surface area contributed by atoms with Gasteiger partial charge in [-0.1, -0.05) is 11.6 Å². The minimum atomic E-state index is -0.695. The number of likely N-dealkylation sites (N-methyl/N-ethyl adjacent to an activating group) is 1. The molecule has 0 aliphatic carbocycles. The van der Waals surface area contributed by atoms with E-state index in [1.54, 1.807) is 0 Å². The van der Waals surface area contributed by atoms with Crippen molar-refractivity contribution >= 4 is 23.4 Å². The van der Waals surface area contributed by atoms with Crippen molar-refractivity contribution in [2.24, 2.45) is 0 Å². The van der Waals surface area contributed by atoms with Crippen molar-refractivity contribution in [2.75, 3.05) is 26.8 Å². The van der Waals surface area contributed by atoms with Crippen molar-refractivity contribution in [1.29, 1.82) is 0 Å². The minimum Gasteiger partial charge on any atom is -0.508 e. The highest BCUT2D eigenvalue weighted by molar-refractivity contribution is 6.34. The van der Waals surface area contributed by atoms with E-state index in [2.05, 4.69) is 5.32 Å². The molecule has 0 saturated carbocycles. The van der Waals surface area contributed by atoms with Gasteiger partial charge in [-0.2, -0.15) is 0 Å². The first kappa shape index (κ1) is 14.6. The van der Waals surface area contributed by atoms with Crippen molar-refractivity contribution in [3.8, 4) is 5.75 Å². The summed E-state index contributed by atoms with van der Waals surface area (Å²) in [6.45, 7) is 0.792. The zero-order chi connectivity index (χ0) is 14.7. The first-order chi connectivity index (χ1) is 9.54. The molecule has 0 radical (unpaired) electrons. The SMILES string of the molecule is CNC(=O)C1COCCN1C(=O)c1cc(O)ccc1Cl. The standard InChI is InChI=1S/C13H15ClN2O4/c1-15-12(18)11-7-20-5-4-16(11)13(19)9-6-8(17)2-3-10(9)14/h2-3,6,11,17H,4-5,7H2,1H3,(H,15,18). The number of carbonyl (C=O) groups excluding carboxylic acids is 2.